The fourth-order valence-electron chi connectivity index (χ4n) is 3.09. The van der Waals surface area contributed by atoms with Crippen LogP contribution in [0.1, 0.15) is 39.5 Å². The molecule has 4 rings (SSSR count). The molecule has 4 heterocycles. The van der Waals surface area contributed by atoms with E-state index in [0.717, 1.165) is 15.5 Å². The zero-order chi connectivity index (χ0) is 18.8. The standard InChI is InChI=1S/C20H18N3O2S2/c1-14(24)15-5-2-8-22(12-15)13-20(25)23-17(19-7-4-10-27-19)11-16(21-23)18-6-3-9-26-18/h2-10,12,17H,11,13H2,1H3/q+1/t17-/m1/s1. The lowest BCUT2D eigenvalue weighted by atomic mass is 10.1. The third kappa shape index (κ3) is 3.74. The zero-order valence-corrected chi connectivity index (χ0v) is 16.4. The quantitative estimate of drug-likeness (QED) is 0.488. The maximum atomic E-state index is 13.0. The number of hydrazone groups is 1. The highest BCUT2D eigenvalue weighted by Crippen LogP contribution is 2.35. The number of Topliss-reactive ketones (excluding diaryl/α,β-unsaturated/α-hetero) is 1. The van der Waals surface area contributed by atoms with Crippen molar-refractivity contribution in [2.45, 2.75) is 25.9 Å². The Morgan fingerprint density at radius 1 is 1.19 bits per heavy atom. The van der Waals surface area contributed by atoms with E-state index in [1.807, 2.05) is 35.0 Å². The number of pyridine rings is 1. The van der Waals surface area contributed by atoms with Crippen LogP contribution >= 0.6 is 22.7 Å². The van der Waals surface area contributed by atoms with E-state index in [9.17, 15) is 9.59 Å². The van der Waals surface area contributed by atoms with Crippen LogP contribution in [0.2, 0.25) is 0 Å². The molecule has 0 unspecified atom stereocenters. The highest BCUT2D eigenvalue weighted by Gasteiger charge is 2.35. The number of carbonyl (C=O) groups is 2. The molecule has 0 spiro atoms. The zero-order valence-electron chi connectivity index (χ0n) is 14.7. The average molecular weight is 397 g/mol. The summed E-state index contributed by atoms with van der Waals surface area (Å²) in [5.74, 6) is -0.113. The molecule has 136 valence electrons. The van der Waals surface area contributed by atoms with Crippen molar-refractivity contribution in [2.75, 3.05) is 0 Å². The molecule has 0 aromatic carbocycles. The van der Waals surface area contributed by atoms with Crippen LogP contribution in [-0.4, -0.2) is 22.4 Å². The number of nitrogens with zero attached hydrogens (tertiary/aromatic N) is 3. The van der Waals surface area contributed by atoms with Gasteiger partial charge in [0.15, 0.2) is 18.2 Å². The minimum Gasteiger partial charge on any atom is -0.294 e. The van der Waals surface area contributed by atoms with Crippen molar-refractivity contribution in [3.8, 4) is 0 Å². The Morgan fingerprint density at radius 3 is 2.70 bits per heavy atom. The van der Waals surface area contributed by atoms with E-state index in [1.165, 1.54) is 6.92 Å². The van der Waals surface area contributed by atoms with Crippen molar-refractivity contribution >= 4 is 40.1 Å². The van der Waals surface area contributed by atoms with Gasteiger partial charge in [-0.2, -0.15) is 9.67 Å². The normalized spacial score (nSPS) is 16.4. The molecule has 3 aromatic heterocycles. The van der Waals surface area contributed by atoms with Crippen LogP contribution in [0.25, 0.3) is 0 Å². The summed E-state index contributed by atoms with van der Waals surface area (Å²) in [7, 11) is 0. The Labute approximate surface area is 165 Å². The van der Waals surface area contributed by atoms with E-state index in [2.05, 4.69) is 5.10 Å². The van der Waals surface area contributed by atoms with Crippen molar-refractivity contribution < 1.29 is 14.2 Å². The molecule has 0 fully saturated rings. The maximum absolute atomic E-state index is 13.0. The molecule has 0 bridgehead atoms. The summed E-state index contributed by atoms with van der Waals surface area (Å²) >= 11 is 3.27. The first-order valence-electron chi connectivity index (χ1n) is 8.58. The van der Waals surface area contributed by atoms with Gasteiger partial charge in [-0.15, -0.1) is 22.7 Å². The first-order chi connectivity index (χ1) is 13.1. The number of aromatic nitrogens is 1. The van der Waals surface area contributed by atoms with E-state index in [1.54, 1.807) is 56.8 Å². The topological polar surface area (TPSA) is 53.6 Å². The minimum atomic E-state index is -0.0920. The first kappa shape index (κ1) is 17.8. The van der Waals surface area contributed by atoms with E-state index >= 15 is 0 Å². The summed E-state index contributed by atoms with van der Waals surface area (Å²) in [6, 6.07) is 11.5. The van der Waals surface area contributed by atoms with Gasteiger partial charge in [-0.3, -0.25) is 9.59 Å². The van der Waals surface area contributed by atoms with E-state index in [-0.39, 0.29) is 24.3 Å². The second kappa shape index (κ2) is 7.54. The fraction of sp³-hybridized carbons (Fsp3) is 0.200. The number of rotatable bonds is 5. The smallest absolute Gasteiger partial charge is 0.294 e. The highest BCUT2D eigenvalue weighted by atomic mass is 32.1. The summed E-state index contributed by atoms with van der Waals surface area (Å²) in [6.07, 6.45) is 4.22. The summed E-state index contributed by atoms with van der Waals surface area (Å²) in [6.45, 7) is 1.66. The Bertz CT molecular complexity index is 994. The molecular formula is C20H18N3O2S2+. The second-order valence-electron chi connectivity index (χ2n) is 6.32. The summed E-state index contributed by atoms with van der Waals surface area (Å²) in [4.78, 5) is 26.9. The van der Waals surface area contributed by atoms with Crippen LogP contribution in [0.3, 0.4) is 0 Å². The molecule has 1 aliphatic heterocycles. The molecule has 5 nitrogen and oxygen atoms in total. The van der Waals surface area contributed by atoms with Gasteiger partial charge in [0.05, 0.1) is 22.2 Å². The number of hydrogen-bond donors (Lipinski definition) is 0. The molecule has 0 N–H and O–H groups in total. The van der Waals surface area contributed by atoms with Crippen LogP contribution in [0, 0.1) is 0 Å². The molecular weight excluding hydrogens is 378 g/mol. The lowest BCUT2D eigenvalue weighted by molar-refractivity contribution is -0.685. The summed E-state index contributed by atoms with van der Waals surface area (Å²) in [5.41, 5.74) is 1.53. The Balaban J connectivity index is 1.61. The Hall–Kier alpha value is -2.64. The predicted octanol–water partition coefficient (Wildman–Crippen LogP) is 3.68. The van der Waals surface area contributed by atoms with Gasteiger partial charge in [0.25, 0.3) is 0 Å². The van der Waals surface area contributed by atoms with E-state index < -0.39 is 0 Å². The van der Waals surface area contributed by atoms with Gasteiger partial charge in [0.2, 0.25) is 6.54 Å². The Morgan fingerprint density at radius 2 is 2.00 bits per heavy atom. The third-order valence-corrected chi connectivity index (χ3v) is 6.32. The van der Waals surface area contributed by atoms with Crippen LogP contribution in [-0.2, 0) is 11.3 Å². The largest absolute Gasteiger partial charge is 0.309 e. The van der Waals surface area contributed by atoms with Crippen LogP contribution in [0.15, 0.2) is 64.7 Å². The highest BCUT2D eigenvalue weighted by molar-refractivity contribution is 7.12. The summed E-state index contributed by atoms with van der Waals surface area (Å²) in [5, 5.41) is 10.3. The van der Waals surface area contributed by atoms with Gasteiger partial charge >= 0.3 is 5.91 Å². The van der Waals surface area contributed by atoms with Gasteiger partial charge < -0.3 is 0 Å². The SMILES string of the molecule is CC(=O)c1ccc[n+](CC(=O)N2N=C(c3cccs3)C[C@@H]2c2cccs2)c1. The van der Waals surface area contributed by atoms with Gasteiger partial charge in [-0.25, -0.2) is 5.01 Å². The molecule has 0 saturated carbocycles. The molecule has 1 amide bonds. The van der Waals surface area contributed by atoms with Crippen molar-refractivity contribution in [3.05, 3.63) is 74.9 Å². The molecule has 1 atom stereocenters. The number of ketones is 1. The third-order valence-electron chi connectivity index (χ3n) is 4.43. The molecule has 27 heavy (non-hydrogen) atoms. The minimum absolute atomic E-state index is 0.0209. The number of thiophene rings is 2. The van der Waals surface area contributed by atoms with Crippen molar-refractivity contribution in [1.82, 2.24) is 5.01 Å². The second-order valence-corrected chi connectivity index (χ2v) is 8.25. The van der Waals surface area contributed by atoms with E-state index in [0.29, 0.717) is 12.0 Å². The maximum Gasteiger partial charge on any atom is 0.309 e. The van der Waals surface area contributed by atoms with Crippen molar-refractivity contribution in [3.63, 3.8) is 0 Å². The van der Waals surface area contributed by atoms with Gasteiger partial charge in [0, 0.05) is 17.4 Å². The van der Waals surface area contributed by atoms with E-state index in [4.69, 9.17) is 0 Å². The lowest BCUT2D eigenvalue weighted by Crippen LogP contribution is -2.43. The van der Waals surface area contributed by atoms with Gasteiger partial charge in [-0.1, -0.05) is 12.1 Å². The lowest BCUT2D eigenvalue weighted by Gasteiger charge is -2.19. The first-order valence-corrected chi connectivity index (χ1v) is 10.3. The fourth-order valence-corrected chi connectivity index (χ4v) is 4.62. The number of carbonyl (C=O) groups excluding carboxylic acids is 2. The number of hydrogen-bond acceptors (Lipinski definition) is 5. The van der Waals surface area contributed by atoms with Crippen molar-refractivity contribution in [2.24, 2.45) is 5.10 Å². The molecule has 0 radical (unpaired) electrons. The molecule has 1 aliphatic rings. The van der Waals surface area contributed by atoms with Crippen LogP contribution in [0.4, 0.5) is 0 Å². The summed E-state index contributed by atoms with van der Waals surface area (Å²) < 4.78 is 1.74. The Kier molecular flexibility index (Phi) is 4.96. The van der Waals surface area contributed by atoms with Crippen molar-refractivity contribution in [1.29, 1.82) is 0 Å². The van der Waals surface area contributed by atoms with Gasteiger partial charge in [-0.05, 0) is 35.9 Å². The molecule has 0 aliphatic carbocycles. The predicted molar refractivity (Wildman–Crippen MR) is 106 cm³/mol. The number of amides is 1. The van der Waals surface area contributed by atoms with Crippen LogP contribution < -0.4 is 4.57 Å². The van der Waals surface area contributed by atoms with Gasteiger partial charge in [0.1, 0.15) is 0 Å². The average Bonchev–Trinajstić information content (AvgIpc) is 3.41. The molecule has 7 heteroatoms. The molecule has 0 saturated heterocycles. The van der Waals surface area contributed by atoms with Crippen LogP contribution in [0.5, 0.6) is 0 Å². The monoisotopic (exact) mass is 396 g/mol. The molecule has 3 aromatic rings.